The van der Waals surface area contributed by atoms with Gasteiger partial charge in [0.1, 0.15) is 0 Å². The van der Waals surface area contributed by atoms with E-state index in [-0.39, 0.29) is 18.1 Å². The normalized spacial score (nSPS) is 11.0. The lowest BCUT2D eigenvalue weighted by molar-refractivity contribution is 0.0999. The number of aromatic hydroxyl groups is 1. The van der Waals surface area contributed by atoms with Crippen LogP contribution in [-0.4, -0.2) is 15.6 Å². The van der Waals surface area contributed by atoms with E-state index in [1.807, 2.05) is 18.2 Å². The summed E-state index contributed by atoms with van der Waals surface area (Å²) in [5, 5.41) is 20.4. The highest BCUT2D eigenvalue weighted by Gasteiger charge is 2.16. The SMILES string of the molecule is C#CCn1c(O)c(N=NC(=O)c2cccs2)c2ccccc21. The van der Waals surface area contributed by atoms with Crippen molar-refractivity contribution in [2.24, 2.45) is 10.2 Å². The van der Waals surface area contributed by atoms with Crippen LogP contribution in [0, 0.1) is 12.3 Å². The average Bonchev–Trinajstić information content (AvgIpc) is 3.14. The van der Waals surface area contributed by atoms with Gasteiger partial charge in [-0.2, -0.15) is 0 Å². The number of thiophene rings is 1. The zero-order valence-electron chi connectivity index (χ0n) is 11.4. The molecule has 22 heavy (non-hydrogen) atoms. The second kappa shape index (κ2) is 5.84. The van der Waals surface area contributed by atoms with Crippen LogP contribution in [0.4, 0.5) is 5.69 Å². The van der Waals surface area contributed by atoms with Crippen molar-refractivity contribution in [3.63, 3.8) is 0 Å². The molecule has 3 rings (SSSR count). The van der Waals surface area contributed by atoms with Gasteiger partial charge in [0.15, 0.2) is 5.69 Å². The van der Waals surface area contributed by atoms with E-state index < -0.39 is 5.91 Å². The number of terminal acetylenes is 1. The summed E-state index contributed by atoms with van der Waals surface area (Å²) in [6.45, 7) is 0.209. The Hall–Kier alpha value is -2.91. The van der Waals surface area contributed by atoms with Gasteiger partial charge in [0.2, 0.25) is 5.88 Å². The smallest absolute Gasteiger partial charge is 0.305 e. The van der Waals surface area contributed by atoms with Crippen molar-refractivity contribution in [1.82, 2.24) is 4.57 Å². The lowest BCUT2D eigenvalue weighted by atomic mass is 10.2. The summed E-state index contributed by atoms with van der Waals surface area (Å²) in [4.78, 5) is 12.4. The Balaban J connectivity index is 2.06. The summed E-state index contributed by atoms with van der Waals surface area (Å²) >= 11 is 1.29. The van der Waals surface area contributed by atoms with E-state index in [1.165, 1.54) is 11.3 Å². The maximum Gasteiger partial charge on any atom is 0.305 e. The van der Waals surface area contributed by atoms with Crippen molar-refractivity contribution < 1.29 is 9.90 Å². The van der Waals surface area contributed by atoms with Gasteiger partial charge in [0.25, 0.3) is 0 Å². The number of nitrogens with zero attached hydrogens (tertiary/aromatic N) is 3. The zero-order valence-corrected chi connectivity index (χ0v) is 12.2. The van der Waals surface area contributed by atoms with Gasteiger partial charge >= 0.3 is 5.91 Å². The molecule has 3 aromatic rings. The predicted molar refractivity (Wildman–Crippen MR) is 85.6 cm³/mol. The number of azo groups is 1. The number of aromatic nitrogens is 1. The van der Waals surface area contributed by atoms with Crippen molar-refractivity contribution in [2.75, 3.05) is 0 Å². The van der Waals surface area contributed by atoms with Crippen molar-refractivity contribution in [2.45, 2.75) is 6.54 Å². The van der Waals surface area contributed by atoms with E-state index in [9.17, 15) is 9.90 Å². The van der Waals surface area contributed by atoms with Gasteiger partial charge in [-0.25, -0.2) is 0 Å². The first kappa shape index (κ1) is 14.0. The molecule has 2 heterocycles. The predicted octanol–water partition coefficient (Wildman–Crippen LogP) is 3.97. The van der Waals surface area contributed by atoms with Gasteiger partial charge in [0, 0.05) is 5.39 Å². The first-order valence-electron chi connectivity index (χ1n) is 6.45. The standard InChI is InChI=1S/C16H11N3O2S/c1-2-9-19-12-7-4-3-6-11(12)14(16(19)21)17-18-15(20)13-8-5-10-22-13/h1,3-8,10,21H,9H2. The summed E-state index contributed by atoms with van der Waals surface area (Å²) in [7, 11) is 0. The molecule has 0 aliphatic carbocycles. The molecule has 1 amide bonds. The molecule has 108 valence electrons. The highest BCUT2D eigenvalue weighted by molar-refractivity contribution is 7.12. The van der Waals surface area contributed by atoms with E-state index in [2.05, 4.69) is 16.1 Å². The number of amides is 1. The molecule has 1 aromatic carbocycles. The highest BCUT2D eigenvalue weighted by atomic mass is 32.1. The fourth-order valence-corrected chi connectivity index (χ4v) is 2.77. The third-order valence-electron chi connectivity index (χ3n) is 3.14. The van der Waals surface area contributed by atoms with Gasteiger partial charge in [0.05, 0.1) is 16.9 Å². The number of carbonyl (C=O) groups is 1. The molecule has 0 aliphatic rings. The molecule has 2 aromatic heterocycles. The third-order valence-corrected chi connectivity index (χ3v) is 4.00. The quantitative estimate of drug-likeness (QED) is 0.587. The van der Waals surface area contributed by atoms with Crippen molar-refractivity contribution in [3.05, 3.63) is 46.7 Å². The minimum Gasteiger partial charge on any atom is -0.493 e. The molecule has 1 N–H and O–H groups in total. The Kier molecular flexibility index (Phi) is 3.73. The van der Waals surface area contributed by atoms with Crippen molar-refractivity contribution in [3.8, 4) is 18.2 Å². The molecule has 0 saturated carbocycles. The molecular formula is C16H11N3O2S. The summed E-state index contributed by atoms with van der Waals surface area (Å²) in [5.41, 5.74) is 0.992. The Morgan fingerprint density at radius 3 is 2.86 bits per heavy atom. The van der Waals surface area contributed by atoms with E-state index in [1.54, 1.807) is 28.1 Å². The average molecular weight is 309 g/mol. The lowest BCUT2D eigenvalue weighted by Gasteiger charge is -2.00. The summed E-state index contributed by atoms with van der Waals surface area (Å²) < 4.78 is 1.55. The Labute approximate surface area is 130 Å². The fraction of sp³-hybridized carbons (Fsp3) is 0.0625. The van der Waals surface area contributed by atoms with Crippen LogP contribution in [0.2, 0.25) is 0 Å². The monoisotopic (exact) mass is 309 g/mol. The summed E-state index contributed by atoms with van der Waals surface area (Å²) in [5.74, 6) is 1.95. The minimum absolute atomic E-state index is 0.0955. The molecule has 0 radical (unpaired) electrons. The fourth-order valence-electron chi connectivity index (χ4n) is 2.17. The molecule has 0 aliphatic heterocycles. The van der Waals surface area contributed by atoms with Crippen molar-refractivity contribution in [1.29, 1.82) is 0 Å². The Morgan fingerprint density at radius 1 is 1.32 bits per heavy atom. The third kappa shape index (κ3) is 2.38. The number of hydrogen-bond acceptors (Lipinski definition) is 4. The minimum atomic E-state index is -0.441. The van der Waals surface area contributed by atoms with Crippen LogP contribution in [0.3, 0.4) is 0 Å². The maximum atomic E-state index is 11.9. The molecule has 6 heteroatoms. The molecule has 0 spiro atoms. The van der Waals surface area contributed by atoms with Crippen LogP contribution in [0.1, 0.15) is 9.67 Å². The second-order valence-corrected chi connectivity index (χ2v) is 5.41. The van der Waals surface area contributed by atoms with Gasteiger partial charge in [-0.15, -0.1) is 28.0 Å². The van der Waals surface area contributed by atoms with Crippen LogP contribution < -0.4 is 0 Å². The van der Waals surface area contributed by atoms with Crippen LogP contribution in [0.15, 0.2) is 52.0 Å². The molecule has 0 atom stereocenters. The van der Waals surface area contributed by atoms with E-state index in [0.717, 1.165) is 5.52 Å². The molecule has 0 saturated heterocycles. The first-order chi connectivity index (χ1) is 10.7. The molecular weight excluding hydrogens is 298 g/mol. The van der Waals surface area contributed by atoms with Crippen molar-refractivity contribution >= 4 is 33.8 Å². The largest absolute Gasteiger partial charge is 0.493 e. The second-order valence-electron chi connectivity index (χ2n) is 4.46. The van der Waals surface area contributed by atoms with Gasteiger partial charge < -0.3 is 5.11 Å². The van der Waals surface area contributed by atoms with Crippen LogP contribution in [0.25, 0.3) is 10.9 Å². The molecule has 0 unspecified atom stereocenters. The number of benzene rings is 1. The topological polar surface area (TPSA) is 66.9 Å². The van der Waals surface area contributed by atoms with Crippen LogP contribution in [-0.2, 0) is 6.54 Å². The molecule has 0 bridgehead atoms. The highest BCUT2D eigenvalue weighted by Crippen LogP contribution is 2.38. The zero-order chi connectivity index (χ0) is 15.5. The van der Waals surface area contributed by atoms with Crippen LogP contribution >= 0.6 is 11.3 Å². The number of rotatable bonds is 3. The number of para-hydroxylation sites is 1. The molecule has 5 nitrogen and oxygen atoms in total. The molecule has 0 fully saturated rings. The summed E-state index contributed by atoms with van der Waals surface area (Å²) in [6, 6.07) is 10.7. The van der Waals surface area contributed by atoms with E-state index >= 15 is 0 Å². The number of hydrogen-bond donors (Lipinski definition) is 1. The van der Waals surface area contributed by atoms with E-state index in [4.69, 9.17) is 6.42 Å². The van der Waals surface area contributed by atoms with Crippen LogP contribution in [0.5, 0.6) is 5.88 Å². The number of carbonyl (C=O) groups excluding carboxylic acids is 1. The lowest BCUT2D eigenvalue weighted by Crippen LogP contribution is -1.93. The van der Waals surface area contributed by atoms with Gasteiger partial charge in [-0.3, -0.25) is 9.36 Å². The van der Waals surface area contributed by atoms with Gasteiger partial charge in [-0.1, -0.05) is 30.2 Å². The number of fused-ring (bicyclic) bond motifs is 1. The maximum absolute atomic E-state index is 11.9. The summed E-state index contributed by atoms with van der Waals surface area (Å²) in [6.07, 6.45) is 5.33. The Bertz CT molecular complexity index is 902. The Morgan fingerprint density at radius 2 is 2.14 bits per heavy atom. The van der Waals surface area contributed by atoms with E-state index in [0.29, 0.717) is 10.3 Å². The van der Waals surface area contributed by atoms with Gasteiger partial charge in [-0.05, 0) is 17.5 Å². The first-order valence-corrected chi connectivity index (χ1v) is 7.33.